The Kier molecular flexibility index (Phi) is 6.00. The van der Waals surface area contributed by atoms with E-state index in [4.69, 9.17) is 32.4 Å². The summed E-state index contributed by atoms with van der Waals surface area (Å²) in [5.41, 5.74) is 1.72. The lowest BCUT2D eigenvalue weighted by atomic mass is 9.84. The van der Waals surface area contributed by atoms with E-state index in [0.717, 1.165) is 24.2 Å². The SMILES string of the molecule is [C-]#[N+]c1ccc(Nc2nccc(OC3C4COCC3CN(C(=O)OC3(C)CC3)C4)c2C)c(Cl)c1. The van der Waals surface area contributed by atoms with Gasteiger partial charge in [-0.1, -0.05) is 17.7 Å². The first kappa shape index (κ1) is 22.8. The maximum atomic E-state index is 12.7. The van der Waals surface area contributed by atoms with Crippen LogP contribution in [0.3, 0.4) is 0 Å². The molecule has 8 nitrogen and oxygen atoms in total. The maximum Gasteiger partial charge on any atom is 0.410 e. The topological polar surface area (TPSA) is 77.3 Å². The van der Waals surface area contributed by atoms with E-state index in [1.807, 2.05) is 24.8 Å². The smallest absolute Gasteiger partial charge is 0.410 e. The van der Waals surface area contributed by atoms with Crippen molar-refractivity contribution < 1.29 is 19.0 Å². The quantitative estimate of drug-likeness (QED) is 0.579. The average molecular weight is 483 g/mol. The van der Waals surface area contributed by atoms with Gasteiger partial charge in [0, 0.05) is 36.7 Å². The Morgan fingerprint density at radius 2 is 2.03 bits per heavy atom. The summed E-state index contributed by atoms with van der Waals surface area (Å²) in [6, 6.07) is 6.95. The molecule has 3 heterocycles. The van der Waals surface area contributed by atoms with Crippen LogP contribution in [0.1, 0.15) is 25.3 Å². The van der Waals surface area contributed by atoms with Gasteiger partial charge in [-0.2, -0.15) is 0 Å². The van der Waals surface area contributed by atoms with Crippen LogP contribution in [-0.2, 0) is 9.47 Å². The normalized spacial score (nSPS) is 24.6. The molecule has 2 saturated heterocycles. The lowest BCUT2D eigenvalue weighted by Crippen LogP contribution is -2.59. The zero-order valence-electron chi connectivity index (χ0n) is 19.2. The lowest BCUT2D eigenvalue weighted by Gasteiger charge is -2.46. The van der Waals surface area contributed by atoms with Crippen molar-refractivity contribution in [3.63, 3.8) is 0 Å². The number of nitrogens with zero attached hydrogens (tertiary/aromatic N) is 3. The summed E-state index contributed by atoms with van der Waals surface area (Å²) in [5, 5.41) is 3.70. The van der Waals surface area contributed by atoms with Gasteiger partial charge in [-0.05, 0) is 44.9 Å². The van der Waals surface area contributed by atoms with Crippen molar-refractivity contribution in [2.45, 2.75) is 38.4 Å². The fourth-order valence-electron chi connectivity index (χ4n) is 4.52. The molecular formula is C25H27ClN4O4. The first-order valence-electron chi connectivity index (χ1n) is 11.5. The molecule has 2 aromatic rings. The second-order valence-corrected chi connectivity index (χ2v) is 9.95. The molecule has 34 heavy (non-hydrogen) atoms. The van der Waals surface area contributed by atoms with Crippen LogP contribution in [-0.4, -0.2) is 54.0 Å². The van der Waals surface area contributed by atoms with Crippen molar-refractivity contribution in [3.8, 4) is 5.75 Å². The molecule has 2 atom stereocenters. The molecule has 178 valence electrons. The predicted octanol–water partition coefficient (Wildman–Crippen LogP) is 5.35. The third-order valence-electron chi connectivity index (χ3n) is 6.80. The van der Waals surface area contributed by atoms with E-state index in [9.17, 15) is 4.79 Å². The number of halogens is 1. The number of likely N-dealkylation sites (tertiary alicyclic amines) is 1. The number of hydrogen-bond acceptors (Lipinski definition) is 6. The molecule has 1 aliphatic carbocycles. The van der Waals surface area contributed by atoms with Gasteiger partial charge in [0.05, 0.1) is 30.5 Å². The molecular weight excluding hydrogens is 456 g/mol. The Morgan fingerprint density at radius 1 is 1.29 bits per heavy atom. The molecule has 2 unspecified atom stereocenters. The summed E-state index contributed by atoms with van der Waals surface area (Å²) in [6.07, 6.45) is 3.26. The van der Waals surface area contributed by atoms with Crippen molar-refractivity contribution in [2.24, 2.45) is 11.8 Å². The minimum atomic E-state index is -0.285. The molecule has 2 aliphatic heterocycles. The van der Waals surface area contributed by atoms with Crippen LogP contribution in [0.25, 0.3) is 4.85 Å². The van der Waals surface area contributed by atoms with Crippen LogP contribution in [0.15, 0.2) is 30.5 Å². The summed E-state index contributed by atoms with van der Waals surface area (Å²) in [6.45, 7) is 13.2. The summed E-state index contributed by atoms with van der Waals surface area (Å²) in [7, 11) is 0. The lowest BCUT2D eigenvalue weighted by molar-refractivity contribution is -0.110. The fourth-order valence-corrected chi connectivity index (χ4v) is 4.74. The number of hydrogen-bond donors (Lipinski definition) is 1. The van der Waals surface area contributed by atoms with E-state index in [2.05, 4.69) is 15.1 Å². The molecule has 3 fully saturated rings. The average Bonchev–Trinajstić information content (AvgIpc) is 3.53. The van der Waals surface area contributed by atoms with Crippen LogP contribution in [0, 0.1) is 25.3 Å². The second-order valence-electron chi connectivity index (χ2n) is 9.55. The third-order valence-corrected chi connectivity index (χ3v) is 7.11. The van der Waals surface area contributed by atoms with Crippen molar-refractivity contribution in [1.82, 2.24) is 9.88 Å². The number of pyridine rings is 1. The second kappa shape index (κ2) is 8.97. The van der Waals surface area contributed by atoms with Gasteiger partial charge in [-0.25, -0.2) is 14.6 Å². The summed E-state index contributed by atoms with van der Waals surface area (Å²) in [4.78, 5) is 22.3. The number of piperidine rings is 1. The predicted molar refractivity (Wildman–Crippen MR) is 128 cm³/mol. The van der Waals surface area contributed by atoms with Gasteiger partial charge in [0.25, 0.3) is 0 Å². The van der Waals surface area contributed by atoms with Crippen LogP contribution in [0.4, 0.5) is 22.0 Å². The molecule has 1 aromatic heterocycles. The molecule has 1 amide bonds. The molecule has 0 spiro atoms. The molecule has 0 radical (unpaired) electrons. The number of rotatable bonds is 5. The Morgan fingerprint density at radius 3 is 2.68 bits per heavy atom. The Labute approximate surface area is 204 Å². The molecule has 5 rings (SSSR count). The van der Waals surface area contributed by atoms with Crippen molar-refractivity contribution in [1.29, 1.82) is 0 Å². The van der Waals surface area contributed by atoms with Crippen molar-refractivity contribution >= 4 is 34.9 Å². The van der Waals surface area contributed by atoms with Gasteiger partial charge in [0.1, 0.15) is 23.3 Å². The van der Waals surface area contributed by atoms with Gasteiger partial charge in [0.2, 0.25) is 0 Å². The number of carbonyl (C=O) groups excluding carboxylic acids is 1. The minimum absolute atomic E-state index is 0.0617. The zero-order chi connectivity index (χ0) is 23.9. The Balaban J connectivity index is 1.30. The highest BCUT2D eigenvalue weighted by Crippen LogP contribution is 2.40. The van der Waals surface area contributed by atoms with Gasteiger partial charge >= 0.3 is 6.09 Å². The van der Waals surface area contributed by atoms with E-state index >= 15 is 0 Å². The summed E-state index contributed by atoms with van der Waals surface area (Å²) in [5.74, 6) is 1.49. The number of amides is 1. The van der Waals surface area contributed by atoms with Crippen LogP contribution >= 0.6 is 11.6 Å². The number of aromatic nitrogens is 1. The number of anilines is 2. The van der Waals surface area contributed by atoms with E-state index in [1.54, 1.807) is 24.4 Å². The Hall–Kier alpha value is -3.02. The van der Waals surface area contributed by atoms with Crippen LogP contribution in [0.2, 0.25) is 5.02 Å². The monoisotopic (exact) mass is 482 g/mol. The molecule has 2 bridgehead atoms. The largest absolute Gasteiger partial charge is 0.489 e. The number of fused-ring (bicyclic) bond motifs is 2. The van der Waals surface area contributed by atoms with Crippen molar-refractivity contribution in [3.05, 3.63) is 52.5 Å². The fraction of sp³-hybridized carbons (Fsp3) is 0.480. The zero-order valence-corrected chi connectivity index (χ0v) is 20.0. The highest BCUT2D eigenvalue weighted by molar-refractivity contribution is 6.33. The minimum Gasteiger partial charge on any atom is -0.489 e. The van der Waals surface area contributed by atoms with E-state index in [-0.39, 0.29) is 29.6 Å². The van der Waals surface area contributed by atoms with Crippen LogP contribution in [0.5, 0.6) is 5.75 Å². The van der Waals surface area contributed by atoms with Gasteiger partial charge in [0.15, 0.2) is 5.69 Å². The van der Waals surface area contributed by atoms with Crippen LogP contribution < -0.4 is 10.1 Å². The summed E-state index contributed by atoms with van der Waals surface area (Å²) >= 11 is 6.33. The molecule has 3 aliphatic rings. The number of ether oxygens (including phenoxy) is 3. The van der Waals surface area contributed by atoms with Gasteiger partial charge in [-0.3, -0.25) is 0 Å². The highest BCUT2D eigenvalue weighted by atomic mass is 35.5. The first-order valence-corrected chi connectivity index (χ1v) is 11.8. The number of benzene rings is 1. The molecule has 1 aromatic carbocycles. The van der Waals surface area contributed by atoms with Crippen molar-refractivity contribution in [2.75, 3.05) is 31.6 Å². The van der Waals surface area contributed by atoms with E-state index in [0.29, 0.717) is 48.5 Å². The molecule has 1 saturated carbocycles. The van der Waals surface area contributed by atoms with Gasteiger partial charge in [-0.15, -0.1) is 0 Å². The standard InChI is InChI=1S/C25H27ClN4O4/c1-15-21(6-9-28-23(15)29-20-5-4-18(27-3)10-19(20)26)33-22-16-11-30(12-17(22)14-32-13-16)24(31)34-25(2)7-8-25/h4-6,9-10,16-17,22H,7-8,11-14H2,1-2H3,(H,28,29). The number of carbonyl (C=O) groups is 1. The maximum absolute atomic E-state index is 12.7. The molecule has 9 heteroatoms. The van der Waals surface area contributed by atoms with Gasteiger partial charge < -0.3 is 24.4 Å². The van der Waals surface area contributed by atoms with E-state index in [1.165, 1.54) is 0 Å². The molecule has 1 N–H and O–H groups in total. The number of nitrogens with one attached hydrogen (secondary N) is 1. The first-order chi connectivity index (χ1) is 16.3. The summed E-state index contributed by atoms with van der Waals surface area (Å²) < 4.78 is 18.0. The Bertz CT molecular complexity index is 1130. The van der Waals surface area contributed by atoms with E-state index < -0.39 is 0 Å². The third kappa shape index (κ3) is 4.63. The highest BCUT2D eigenvalue weighted by Gasteiger charge is 2.47.